The standard InChI is InChI=1S/C12H7BrN2O3/c13-7-3-4-8(9(16)6-7)12-14-11(15-18-12)10-2-1-5-17-10/h1-6,16H. The van der Waals surface area contributed by atoms with Gasteiger partial charge in [-0.05, 0) is 30.3 Å². The summed E-state index contributed by atoms with van der Waals surface area (Å²) in [5.74, 6) is 1.17. The van der Waals surface area contributed by atoms with Gasteiger partial charge >= 0.3 is 0 Å². The average molecular weight is 307 g/mol. The molecule has 0 atom stereocenters. The highest BCUT2D eigenvalue weighted by Crippen LogP contribution is 2.31. The number of phenolic OH excluding ortho intramolecular Hbond substituents is 1. The molecule has 5 nitrogen and oxygen atoms in total. The van der Waals surface area contributed by atoms with Crippen LogP contribution in [0.5, 0.6) is 5.75 Å². The van der Waals surface area contributed by atoms with E-state index in [1.807, 2.05) is 0 Å². The van der Waals surface area contributed by atoms with Crippen molar-refractivity contribution in [3.63, 3.8) is 0 Å². The summed E-state index contributed by atoms with van der Waals surface area (Å²) >= 11 is 3.26. The van der Waals surface area contributed by atoms with E-state index in [2.05, 4.69) is 26.1 Å². The van der Waals surface area contributed by atoms with Crippen LogP contribution in [-0.2, 0) is 0 Å². The second-order valence-corrected chi connectivity index (χ2v) is 4.48. The zero-order valence-electron chi connectivity index (χ0n) is 9.00. The maximum Gasteiger partial charge on any atom is 0.262 e. The number of phenols is 1. The Balaban J connectivity index is 2.03. The van der Waals surface area contributed by atoms with E-state index < -0.39 is 0 Å². The molecule has 2 aromatic heterocycles. The van der Waals surface area contributed by atoms with E-state index in [1.54, 1.807) is 30.3 Å². The fourth-order valence-electron chi connectivity index (χ4n) is 1.52. The average Bonchev–Trinajstić information content (AvgIpc) is 2.99. The lowest BCUT2D eigenvalue weighted by molar-refractivity contribution is 0.423. The highest BCUT2D eigenvalue weighted by molar-refractivity contribution is 9.10. The van der Waals surface area contributed by atoms with E-state index in [1.165, 1.54) is 6.26 Å². The number of aromatic hydroxyl groups is 1. The van der Waals surface area contributed by atoms with Crippen molar-refractivity contribution < 1.29 is 14.0 Å². The normalized spacial score (nSPS) is 10.7. The van der Waals surface area contributed by atoms with Gasteiger partial charge < -0.3 is 14.0 Å². The number of rotatable bonds is 2. The van der Waals surface area contributed by atoms with Crippen molar-refractivity contribution in [1.82, 2.24) is 10.1 Å². The first kappa shape index (κ1) is 11.0. The van der Waals surface area contributed by atoms with Gasteiger partial charge in [0.25, 0.3) is 5.89 Å². The SMILES string of the molecule is Oc1cc(Br)ccc1-c1nc(-c2ccco2)no1. The summed E-state index contributed by atoms with van der Waals surface area (Å²) in [7, 11) is 0. The first-order chi connectivity index (χ1) is 8.74. The zero-order chi connectivity index (χ0) is 12.5. The van der Waals surface area contributed by atoms with Gasteiger partial charge in [-0.2, -0.15) is 4.98 Å². The molecule has 0 amide bonds. The summed E-state index contributed by atoms with van der Waals surface area (Å²) in [6, 6.07) is 8.51. The Morgan fingerprint density at radius 1 is 1.22 bits per heavy atom. The van der Waals surface area contributed by atoms with E-state index in [-0.39, 0.29) is 11.6 Å². The molecule has 1 aromatic carbocycles. The summed E-state index contributed by atoms with van der Waals surface area (Å²) in [5.41, 5.74) is 0.475. The summed E-state index contributed by atoms with van der Waals surface area (Å²) in [5, 5.41) is 13.6. The second kappa shape index (κ2) is 4.30. The largest absolute Gasteiger partial charge is 0.507 e. The minimum absolute atomic E-state index is 0.0685. The maximum atomic E-state index is 9.80. The minimum atomic E-state index is 0.0685. The lowest BCUT2D eigenvalue weighted by Crippen LogP contribution is -1.80. The van der Waals surface area contributed by atoms with Gasteiger partial charge in [-0.25, -0.2) is 0 Å². The van der Waals surface area contributed by atoms with E-state index in [4.69, 9.17) is 8.94 Å². The van der Waals surface area contributed by atoms with Crippen LogP contribution in [-0.4, -0.2) is 15.2 Å². The number of hydrogen-bond donors (Lipinski definition) is 1. The fraction of sp³-hybridized carbons (Fsp3) is 0. The third kappa shape index (κ3) is 1.91. The Morgan fingerprint density at radius 2 is 2.11 bits per heavy atom. The van der Waals surface area contributed by atoms with Crippen LogP contribution in [0, 0.1) is 0 Å². The maximum absolute atomic E-state index is 9.80. The summed E-state index contributed by atoms with van der Waals surface area (Å²) in [6.45, 7) is 0. The first-order valence-corrected chi connectivity index (χ1v) is 5.90. The molecule has 1 N–H and O–H groups in total. The summed E-state index contributed by atoms with van der Waals surface area (Å²) in [4.78, 5) is 4.17. The number of hydrogen-bond acceptors (Lipinski definition) is 5. The van der Waals surface area contributed by atoms with Gasteiger partial charge in [0.15, 0.2) is 5.76 Å². The van der Waals surface area contributed by atoms with Gasteiger partial charge in [0.2, 0.25) is 5.82 Å². The van der Waals surface area contributed by atoms with Gasteiger partial charge in [0.05, 0.1) is 11.8 Å². The molecule has 0 aliphatic carbocycles. The van der Waals surface area contributed by atoms with Crippen LogP contribution < -0.4 is 0 Å². The highest BCUT2D eigenvalue weighted by atomic mass is 79.9. The molecule has 90 valence electrons. The van der Waals surface area contributed by atoms with Crippen LogP contribution in [0.2, 0.25) is 0 Å². The molecular formula is C12H7BrN2O3. The quantitative estimate of drug-likeness (QED) is 0.785. The van der Waals surface area contributed by atoms with Crippen molar-refractivity contribution in [2.75, 3.05) is 0 Å². The molecule has 0 aliphatic heterocycles. The van der Waals surface area contributed by atoms with E-state index in [9.17, 15) is 5.11 Å². The Kier molecular flexibility index (Phi) is 2.64. The molecule has 3 rings (SSSR count). The van der Waals surface area contributed by atoms with Crippen LogP contribution in [0.1, 0.15) is 0 Å². The Labute approximate surface area is 110 Å². The monoisotopic (exact) mass is 306 g/mol. The van der Waals surface area contributed by atoms with Gasteiger partial charge in [0.1, 0.15) is 5.75 Å². The third-order valence-corrected chi connectivity index (χ3v) is 2.85. The van der Waals surface area contributed by atoms with Crippen molar-refractivity contribution >= 4 is 15.9 Å². The van der Waals surface area contributed by atoms with Gasteiger partial charge in [0, 0.05) is 4.47 Å². The molecule has 0 saturated heterocycles. The molecule has 0 unspecified atom stereocenters. The molecule has 18 heavy (non-hydrogen) atoms. The number of benzene rings is 1. The molecule has 2 heterocycles. The Hall–Kier alpha value is -2.08. The lowest BCUT2D eigenvalue weighted by Gasteiger charge is -1.98. The smallest absolute Gasteiger partial charge is 0.262 e. The number of aromatic nitrogens is 2. The van der Waals surface area contributed by atoms with Crippen LogP contribution in [0.15, 0.2) is 50.0 Å². The van der Waals surface area contributed by atoms with Crippen LogP contribution in [0.25, 0.3) is 23.0 Å². The molecule has 0 aliphatic rings. The lowest BCUT2D eigenvalue weighted by atomic mass is 10.2. The third-order valence-electron chi connectivity index (χ3n) is 2.36. The Morgan fingerprint density at radius 3 is 2.83 bits per heavy atom. The molecule has 3 aromatic rings. The summed E-state index contributed by atoms with van der Waals surface area (Å²) < 4.78 is 11.0. The van der Waals surface area contributed by atoms with Crippen molar-refractivity contribution in [1.29, 1.82) is 0 Å². The topological polar surface area (TPSA) is 72.3 Å². The van der Waals surface area contributed by atoms with Crippen LogP contribution >= 0.6 is 15.9 Å². The molecule has 0 bridgehead atoms. The second-order valence-electron chi connectivity index (χ2n) is 3.56. The van der Waals surface area contributed by atoms with E-state index in [0.717, 1.165) is 4.47 Å². The van der Waals surface area contributed by atoms with Crippen molar-refractivity contribution in [2.24, 2.45) is 0 Å². The number of nitrogens with zero attached hydrogens (tertiary/aromatic N) is 2. The first-order valence-electron chi connectivity index (χ1n) is 5.10. The minimum Gasteiger partial charge on any atom is -0.507 e. The highest BCUT2D eigenvalue weighted by Gasteiger charge is 2.15. The molecule has 0 fully saturated rings. The van der Waals surface area contributed by atoms with Crippen molar-refractivity contribution in [3.05, 3.63) is 41.1 Å². The summed E-state index contributed by atoms with van der Waals surface area (Å²) in [6.07, 6.45) is 1.53. The molecule has 0 radical (unpaired) electrons. The zero-order valence-corrected chi connectivity index (χ0v) is 10.6. The van der Waals surface area contributed by atoms with Crippen LogP contribution in [0.3, 0.4) is 0 Å². The van der Waals surface area contributed by atoms with E-state index in [0.29, 0.717) is 17.1 Å². The molecular weight excluding hydrogens is 300 g/mol. The molecule has 0 saturated carbocycles. The molecule has 6 heteroatoms. The van der Waals surface area contributed by atoms with Crippen molar-refractivity contribution in [2.45, 2.75) is 0 Å². The van der Waals surface area contributed by atoms with E-state index >= 15 is 0 Å². The van der Waals surface area contributed by atoms with Crippen LogP contribution in [0.4, 0.5) is 0 Å². The predicted octanol–water partition coefficient (Wildman–Crippen LogP) is 3.46. The predicted molar refractivity (Wildman–Crippen MR) is 66.8 cm³/mol. The molecule has 0 spiro atoms. The number of furan rings is 1. The fourth-order valence-corrected chi connectivity index (χ4v) is 1.87. The van der Waals surface area contributed by atoms with Gasteiger partial charge in [-0.3, -0.25) is 0 Å². The van der Waals surface area contributed by atoms with Crippen molar-refractivity contribution in [3.8, 4) is 28.8 Å². The Bertz CT molecular complexity index is 676. The van der Waals surface area contributed by atoms with Gasteiger partial charge in [-0.15, -0.1) is 0 Å². The number of halogens is 1. The van der Waals surface area contributed by atoms with Gasteiger partial charge in [-0.1, -0.05) is 21.1 Å².